The maximum Gasteiger partial charge on any atom is 0.0314 e. The van der Waals surface area contributed by atoms with Gasteiger partial charge in [0.25, 0.3) is 0 Å². The molecule has 1 heteroatoms. The third-order valence-electron chi connectivity index (χ3n) is 3.19. The molecular formula is C15H25N. The summed E-state index contributed by atoms with van der Waals surface area (Å²) in [7, 11) is 0. The largest absolute Gasteiger partial charge is 0.399 e. The number of nitrogen functional groups attached to an aromatic ring is 1. The summed E-state index contributed by atoms with van der Waals surface area (Å²) in [5.74, 6) is 2.31. The van der Waals surface area contributed by atoms with Gasteiger partial charge >= 0.3 is 0 Å². The second-order valence-electron chi connectivity index (χ2n) is 5.58. The predicted octanol–water partition coefficient (Wildman–Crippen LogP) is 4.13. The van der Waals surface area contributed by atoms with Gasteiger partial charge in [-0.2, -0.15) is 0 Å². The minimum atomic E-state index is 0.750. The van der Waals surface area contributed by atoms with Gasteiger partial charge in [-0.05, 0) is 48.3 Å². The molecule has 0 radical (unpaired) electrons. The van der Waals surface area contributed by atoms with E-state index in [2.05, 4.69) is 39.8 Å². The van der Waals surface area contributed by atoms with Crippen molar-refractivity contribution in [2.75, 3.05) is 5.73 Å². The maximum absolute atomic E-state index is 5.70. The first-order valence-electron chi connectivity index (χ1n) is 6.33. The van der Waals surface area contributed by atoms with Gasteiger partial charge in [0.15, 0.2) is 0 Å². The van der Waals surface area contributed by atoms with E-state index in [0.29, 0.717) is 0 Å². The van der Waals surface area contributed by atoms with E-state index in [1.165, 1.54) is 18.4 Å². The Morgan fingerprint density at radius 3 is 2.00 bits per heavy atom. The van der Waals surface area contributed by atoms with Crippen LogP contribution in [0.2, 0.25) is 0 Å². The fraction of sp³-hybridized carbons (Fsp3) is 0.600. The van der Waals surface area contributed by atoms with Gasteiger partial charge in [-0.25, -0.2) is 0 Å². The molecule has 0 amide bonds. The van der Waals surface area contributed by atoms with Crippen LogP contribution in [-0.2, 0) is 6.42 Å². The summed E-state index contributed by atoms with van der Waals surface area (Å²) in [6, 6.07) is 8.32. The first-order valence-corrected chi connectivity index (χ1v) is 6.33. The molecule has 1 aromatic rings. The number of hydrogen-bond donors (Lipinski definition) is 1. The highest BCUT2D eigenvalue weighted by Gasteiger charge is 2.15. The molecule has 1 rings (SSSR count). The predicted molar refractivity (Wildman–Crippen MR) is 72.3 cm³/mol. The van der Waals surface area contributed by atoms with Crippen LogP contribution in [0.15, 0.2) is 24.3 Å². The molecule has 1 unspecified atom stereocenters. The molecule has 0 fully saturated rings. The Morgan fingerprint density at radius 1 is 1.00 bits per heavy atom. The zero-order valence-electron chi connectivity index (χ0n) is 11.0. The van der Waals surface area contributed by atoms with Crippen molar-refractivity contribution in [3.05, 3.63) is 29.8 Å². The van der Waals surface area contributed by atoms with E-state index in [-0.39, 0.29) is 0 Å². The van der Waals surface area contributed by atoms with Crippen molar-refractivity contribution in [2.24, 2.45) is 17.8 Å². The molecule has 0 saturated heterocycles. The lowest BCUT2D eigenvalue weighted by Crippen LogP contribution is -2.14. The molecule has 0 aliphatic rings. The fourth-order valence-corrected chi connectivity index (χ4v) is 2.15. The molecule has 0 saturated carbocycles. The zero-order valence-corrected chi connectivity index (χ0v) is 11.0. The summed E-state index contributed by atoms with van der Waals surface area (Å²) in [4.78, 5) is 0. The van der Waals surface area contributed by atoms with E-state index in [9.17, 15) is 0 Å². The highest BCUT2D eigenvalue weighted by Crippen LogP contribution is 2.24. The van der Waals surface area contributed by atoms with Crippen molar-refractivity contribution in [3.63, 3.8) is 0 Å². The van der Waals surface area contributed by atoms with E-state index in [1.807, 2.05) is 12.1 Å². The van der Waals surface area contributed by atoms with Crippen molar-refractivity contribution in [1.29, 1.82) is 0 Å². The monoisotopic (exact) mass is 219 g/mol. The van der Waals surface area contributed by atoms with Gasteiger partial charge < -0.3 is 5.73 Å². The Hall–Kier alpha value is -0.980. The van der Waals surface area contributed by atoms with Crippen LogP contribution in [0, 0.1) is 17.8 Å². The Labute approximate surface area is 100 Å². The molecule has 1 atom stereocenters. The summed E-state index contributed by atoms with van der Waals surface area (Å²) in [6.07, 6.45) is 2.48. The van der Waals surface area contributed by atoms with Gasteiger partial charge in [-0.15, -0.1) is 0 Å². The summed E-state index contributed by atoms with van der Waals surface area (Å²) < 4.78 is 0. The lowest BCUT2D eigenvalue weighted by molar-refractivity contribution is 0.315. The molecule has 0 heterocycles. The molecule has 1 aromatic carbocycles. The summed E-state index contributed by atoms with van der Waals surface area (Å²) in [5, 5.41) is 0. The van der Waals surface area contributed by atoms with Crippen LogP contribution in [0.25, 0.3) is 0 Å². The van der Waals surface area contributed by atoms with Gasteiger partial charge in [-0.1, -0.05) is 39.8 Å². The molecule has 1 nitrogen and oxygen atoms in total. The molecular weight excluding hydrogens is 194 g/mol. The Balaban J connectivity index is 2.64. The van der Waals surface area contributed by atoms with E-state index in [4.69, 9.17) is 5.73 Å². The normalized spacial score (nSPS) is 13.4. The van der Waals surface area contributed by atoms with Crippen molar-refractivity contribution in [1.82, 2.24) is 0 Å². The molecule has 0 bridgehead atoms. The Kier molecular flexibility index (Phi) is 4.85. The average molecular weight is 219 g/mol. The Morgan fingerprint density at radius 2 is 1.56 bits per heavy atom. The van der Waals surface area contributed by atoms with Crippen molar-refractivity contribution >= 4 is 5.69 Å². The van der Waals surface area contributed by atoms with E-state index in [0.717, 1.165) is 23.4 Å². The van der Waals surface area contributed by atoms with Crippen LogP contribution < -0.4 is 5.73 Å². The first-order chi connectivity index (χ1) is 7.49. The van der Waals surface area contributed by atoms with E-state index < -0.39 is 0 Å². The number of rotatable bonds is 5. The SMILES string of the molecule is CC(C)CC(Cc1ccc(N)cc1)C(C)C. The number of nitrogens with two attached hydrogens (primary N) is 1. The standard InChI is InChI=1S/C15H25N/c1-11(2)9-14(12(3)4)10-13-5-7-15(16)8-6-13/h5-8,11-12,14H,9-10,16H2,1-4H3. The number of hydrogen-bond acceptors (Lipinski definition) is 1. The average Bonchev–Trinajstić information content (AvgIpc) is 2.19. The van der Waals surface area contributed by atoms with Crippen LogP contribution >= 0.6 is 0 Å². The quantitative estimate of drug-likeness (QED) is 0.740. The second-order valence-corrected chi connectivity index (χ2v) is 5.58. The highest BCUT2D eigenvalue weighted by molar-refractivity contribution is 5.39. The van der Waals surface area contributed by atoms with E-state index in [1.54, 1.807) is 0 Å². The van der Waals surface area contributed by atoms with Gasteiger partial charge in [0.1, 0.15) is 0 Å². The second kappa shape index (κ2) is 5.93. The van der Waals surface area contributed by atoms with Crippen LogP contribution in [0.1, 0.15) is 39.7 Å². The molecule has 90 valence electrons. The van der Waals surface area contributed by atoms with Crippen LogP contribution in [0.3, 0.4) is 0 Å². The number of benzene rings is 1. The van der Waals surface area contributed by atoms with E-state index >= 15 is 0 Å². The van der Waals surface area contributed by atoms with Crippen LogP contribution in [0.4, 0.5) is 5.69 Å². The van der Waals surface area contributed by atoms with Gasteiger partial charge in [-0.3, -0.25) is 0 Å². The molecule has 0 spiro atoms. The lowest BCUT2D eigenvalue weighted by atomic mass is 9.83. The summed E-state index contributed by atoms with van der Waals surface area (Å²) >= 11 is 0. The molecule has 0 aliphatic heterocycles. The Bertz CT molecular complexity index is 298. The maximum atomic E-state index is 5.70. The fourth-order valence-electron chi connectivity index (χ4n) is 2.15. The third kappa shape index (κ3) is 4.26. The smallest absolute Gasteiger partial charge is 0.0314 e. The highest BCUT2D eigenvalue weighted by atomic mass is 14.5. The summed E-state index contributed by atoms with van der Waals surface area (Å²) in [5.41, 5.74) is 7.96. The summed E-state index contributed by atoms with van der Waals surface area (Å²) in [6.45, 7) is 9.26. The zero-order chi connectivity index (χ0) is 12.1. The van der Waals surface area contributed by atoms with Crippen molar-refractivity contribution in [2.45, 2.75) is 40.5 Å². The minimum Gasteiger partial charge on any atom is -0.399 e. The number of anilines is 1. The van der Waals surface area contributed by atoms with Crippen molar-refractivity contribution in [3.8, 4) is 0 Å². The van der Waals surface area contributed by atoms with Gasteiger partial charge in [0.2, 0.25) is 0 Å². The molecule has 16 heavy (non-hydrogen) atoms. The molecule has 2 N–H and O–H groups in total. The first kappa shape index (κ1) is 13.1. The minimum absolute atomic E-state index is 0.750. The van der Waals surface area contributed by atoms with Crippen LogP contribution in [-0.4, -0.2) is 0 Å². The van der Waals surface area contributed by atoms with Crippen LogP contribution in [0.5, 0.6) is 0 Å². The molecule has 0 aliphatic carbocycles. The van der Waals surface area contributed by atoms with Gasteiger partial charge in [0, 0.05) is 5.69 Å². The lowest BCUT2D eigenvalue weighted by Gasteiger charge is -2.23. The topological polar surface area (TPSA) is 26.0 Å². The third-order valence-corrected chi connectivity index (χ3v) is 3.19. The van der Waals surface area contributed by atoms with Crippen molar-refractivity contribution < 1.29 is 0 Å². The van der Waals surface area contributed by atoms with Gasteiger partial charge in [0.05, 0.1) is 0 Å². The molecule has 0 aromatic heterocycles.